The van der Waals surface area contributed by atoms with Gasteiger partial charge in [0.25, 0.3) is 0 Å². The molecule has 0 aliphatic rings. The molecular formula is C37H62N2O4Si4. The highest BCUT2D eigenvalue weighted by Gasteiger charge is 2.29. The standard InChI is InChI=1S/C37H62N2O4Si4/c1-44(2,3)42-46(7,8)25-17-13-11-15-19-34-28-32(21-23-36(34)38-30-40)27-33-22-24-37(39-31-41)35(29-33)20-16-12-14-18-26-47(9,10)43-45(4,5)6/h21-24,28-29H,11-20,25-27H2,1-10H3. The van der Waals surface area contributed by atoms with E-state index in [1.807, 2.05) is 12.1 Å². The van der Waals surface area contributed by atoms with Gasteiger partial charge in [-0.25, -0.2) is 9.59 Å². The maximum atomic E-state index is 11.1. The summed E-state index contributed by atoms with van der Waals surface area (Å²) in [4.78, 5) is 30.3. The minimum atomic E-state index is -1.59. The molecule has 2 aromatic carbocycles. The van der Waals surface area contributed by atoms with Gasteiger partial charge in [-0.2, -0.15) is 9.98 Å². The summed E-state index contributed by atoms with van der Waals surface area (Å²) in [6.07, 6.45) is 15.3. The lowest BCUT2D eigenvalue weighted by atomic mass is 9.96. The Morgan fingerprint density at radius 3 is 1.23 bits per heavy atom. The van der Waals surface area contributed by atoms with E-state index in [-0.39, 0.29) is 0 Å². The fraction of sp³-hybridized carbons (Fsp3) is 0.622. The van der Waals surface area contributed by atoms with E-state index in [0.717, 1.165) is 67.4 Å². The molecule has 0 spiro atoms. The van der Waals surface area contributed by atoms with Crippen molar-refractivity contribution in [2.45, 2.75) is 148 Å². The zero-order valence-corrected chi connectivity index (χ0v) is 35.2. The van der Waals surface area contributed by atoms with Crippen molar-refractivity contribution in [3.05, 3.63) is 58.7 Å². The maximum absolute atomic E-state index is 11.1. The van der Waals surface area contributed by atoms with Crippen LogP contribution in [0.2, 0.25) is 77.6 Å². The van der Waals surface area contributed by atoms with E-state index < -0.39 is 33.3 Å². The van der Waals surface area contributed by atoms with Crippen molar-refractivity contribution in [1.29, 1.82) is 0 Å². The average Bonchev–Trinajstić information content (AvgIpc) is 2.92. The van der Waals surface area contributed by atoms with Gasteiger partial charge in [-0.15, -0.1) is 0 Å². The van der Waals surface area contributed by atoms with Crippen LogP contribution in [0.3, 0.4) is 0 Å². The Morgan fingerprint density at radius 1 is 0.532 bits per heavy atom. The van der Waals surface area contributed by atoms with Gasteiger partial charge in [0.15, 0.2) is 33.3 Å². The Bertz CT molecular complexity index is 1270. The fourth-order valence-corrected chi connectivity index (χ4v) is 22.9. The van der Waals surface area contributed by atoms with Gasteiger partial charge in [0.05, 0.1) is 11.4 Å². The quantitative estimate of drug-likeness (QED) is 0.0527. The number of aliphatic imine (C=N–C) groups is 2. The smallest absolute Gasteiger partial charge is 0.240 e. The van der Waals surface area contributed by atoms with Crippen LogP contribution in [0.5, 0.6) is 0 Å². The Labute approximate surface area is 290 Å². The second-order valence-electron chi connectivity index (χ2n) is 16.3. The molecule has 6 nitrogen and oxygen atoms in total. The summed E-state index contributed by atoms with van der Waals surface area (Å²) in [6.45, 7) is 23.1. The normalized spacial score (nSPS) is 12.5. The van der Waals surface area contributed by atoms with Crippen LogP contribution in [0.15, 0.2) is 46.4 Å². The molecule has 0 radical (unpaired) electrons. The van der Waals surface area contributed by atoms with Crippen molar-refractivity contribution < 1.29 is 17.8 Å². The molecule has 0 N–H and O–H groups in total. The molecule has 0 saturated carbocycles. The molecule has 2 rings (SSSR count). The fourth-order valence-electron chi connectivity index (χ4n) is 6.65. The number of benzene rings is 2. The van der Waals surface area contributed by atoms with Crippen molar-refractivity contribution in [1.82, 2.24) is 0 Å². The summed E-state index contributed by atoms with van der Waals surface area (Å²) < 4.78 is 13.0. The molecule has 0 aliphatic carbocycles. The Kier molecular flexibility index (Phi) is 16.9. The molecule has 47 heavy (non-hydrogen) atoms. The highest BCUT2D eigenvalue weighted by atomic mass is 28.4. The summed E-state index contributed by atoms with van der Waals surface area (Å²) in [5, 5.41) is 0. The Morgan fingerprint density at radius 2 is 0.894 bits per heavy atom. The van der Waals surface area contributed by atoms with Crippen molar-refractivity contribution in [3.8, 4) is 0 Å². The maximum Gasteiger partial charge on any atom is 0.240 e. The first-order valence-electron chi connectivity index (χ1n) is 17.7. The van der Waals surface area contributed by atoms with E-state index in [2.05, 4.69) is 99.7 Å². The number of hydrogen-bond acceptors (Lipinski definition) is 6. The van der Waals surface area contributed by atoms with Gasteiger partial charge in [-0.1, -0.05) is 62.8 Å². The molecule has 0 fully saturated rings. The summed E-state index contributed by atoms with van der Waals surface area (Å²) >= 11 is 0. The third-order valence-electron chi connectivity index (χ3n) is 8.14. The van der Waals surface area contributed by atoms with Crippen LogP contribution in [0.25, 0.3) is 0 Å². The summed E-state index contributed by atoms with van der Waals surface area (Å²) in [5.74, 6) is 0. The van der Waals surface area contributed by atoms with Crippen molar-refractivity contribution in [2.24, 2.45) is 9.98 Å². The van der Waals surface area contributed by atoms with E-state index in [4.69, 9.17) is 8.23 Å². The highest BCUT2D eigenvalue weighted by Crippen LogP contribution is 2.28. The van der Waals surface area contributed by atoms with Gasteiger partial charge in [-0.3, -0.25) is 0 Å². The molecule has 10 heteroatoms. The number of nitrogens with zero attached hydrogens (tertiary/aromatic N) is 2. The van der Waals surface area contributed by atoms with Crippen LogP contribution >= 0.6 is 0 Å². The third kappa shape index (κ3) is 17.8. The van der Waals surface area contributed by atoms with Crippen LogP contribution in [0, 0.1) is 0 Å². The van der Waals surface area contributed by atoms with Crippen LogP contribution in [-0.4, -0.2) is 45.4 Å². The lowest BCUT2D eigenvalue weighted by Gasteiger charge is -2.31. The Balaban J connectivity index is 1.97. The van der Waals surface area contributed by atoms with Crippen molar-refractivity contribution in [3.63, 3.8) is 0 Å². The van der Waals surface area contributed by atoms with Gasteiger partial charge in [0, 0.05) is 0 Å². The SMILES string of the molecule is C[Si](C)(C)O[Si](C)(C)CCCCCCc1cc(Cc2ccc(N=C=O)c(CCCCCC[Si](C)(C)O[Si](C)(C)C)c2)ccc1N=C=O. The molecule has 0 atom stereocenters. The minimum absolute atomic E-state index is 0.718. The largest absolute Gasteiger partial charge is 0.456 e. The van der Waals surface area contributed by atoms with E-state index in [9.17, 15) is 9.59 Å². The van der Waals surface area contributed by atoms with Gasteiger partial charge < -0.3 is 8.23 Å². The second kappa shape index (κ2) is 19.2. The van der Waals surface area contributed by atoms with Gasteiger partial charge >= 0.3 is 0 Å². The van der Waals surface area contributed by atoms with E-state index in [0.29, 0.717) is 0 Å². The molecule has 0 amide bonds. The van der Waals surface area contributed by atoms with Gasteiger partial charge in [0.1, 0.15) is 0 Å². The zero-order chi connectivity index (χ0) is 35.1. The van der Waals surface area contributed by atoms with E-state index >= 15 is 0 Å². The lowest BCUT2D eigenvalue weighted by molar-refractivity contribution is 0.537. The summed E-state index contributed by atoms with van der Waals surface area (Å²) in [5.41, 5.74) is 6.01. The first-order chi connectivity index (χ1) is 21.9. The van der Waals surface area contributed by atoms with Crippen molar-refractivity contribution >= 4 is 56.8 Å². The highest BCUT2D eigenvalue weighted by molar-refractivity contribution is 6.84. The molecule has 0 aromatic heterocycles. The van der Waals surface area contributed by atoms with Crippen LogP contribution < -0.4 is 0 Å². The first kappa shape index (κ1) is 41.2. The zero-order valence-electron chi connectivity index (χ0n) is 31.2. The van der Waals surface area contributed by atoms with Gasteiger partial charge in [-0.05, 0) is 144 Å². The lowest BCUT2D eigenvalue weighted by Crippen LogP contribution is -2.42. The van der Waals surface area contributed by atoms with Crippen LogP contribution in [-0.2, 0) is 37.1 Å². The number of aryl methyl sites for hydroxylation is 2. The molecule has 0 saturated heterocycles. The monoisotopic (exact) mass is 710 g/mol. The average molecular weight is 711 g/mol. The number of rotatable bonds is 22. The molecule has 260 valence electrons. The van der Waals surface area contributed by atoms with Crippen LogP contribution in [0.1, 0.15) is 73.6 Å². The third-order valence-corrected chi connectivity index (χ3v) is 20.6. The molecule has 0 bridgehead atoms. The molecule has 0 heterocycles. The summed E-state index contributed by atoms with van der Waals surface area (Å²) in [7, 11) is -6.17. The Hall–Kier alpha value is -2.01. The second-order valence-corrected chi connectivity index (χ2v) is 34.4. The van der Waals surface area contributed by atoms with Crippen LogP contribution in [0.4, 0.5) is 11.4 Å². The number of unbranched alkanes of at least 4 members (excludes halogenated alkanes) is 6. The van der Waals surface area contributed by atoms with E-state index in [1.165, 1.54) is 48.9 Å². The molecule has 0 aliphatic heterocycles. The predicted molar refractivity (Wildman–Crippen MR) is 209 cm³/mol. The number of carbonyl (C=O) groups excluding carboxylic acids is 2. The van der Waals surface area contributed by atoms with E-state index in [1.54, 1.807) is 12.2 Å². The predicted octanol–water partition coefficient (Wildman–Crippen LogP) is 11.5. The first-order valence-corrected chi connectivity index (χ1v) is 30.8. The molecular weight excluding hydrogens is 649 g/mol. The molecule has 2 aromatic rings. The van der Waals surface area contributed by atoms with Crippen molar-refractivity contribution in [2.75, 3.05) is 0 Å². The number of isocyanates is 2. The number of hydrogen-bond donors (Lipinski definition) is 0. The topological polar surface area (TPSA) is 77.3 Å². The minimum Gasteiger partial charge on any atom is -0.456 e. The molecule has 0 unspecified atom stereocenters. The summed E-state index contributed by atoms with van der Waals surface area (Å²) in [6, 6.07) is 14.8. The van der Waals surface area contributed by atoms with Gasteiger partial charge in [0.2, 0.25) is 12.2 Å².